The molecule has 23 heavy (non-hydrogen) atoms. The number of hydrogen-bond acceptors (Lipinski definition) is 5. The summed E-state index contributed by atoms with van der Waals surface area (Å²) in [6.45, 7) is 6.42. The summed E-state index contributed by atoms with van der Waals surface area (Å²) in [4.78, 5) is 20.6. The molecule has 1 saturated carbocycles. The van der Waals surface area contributed by atoms with Crippen LogP contribution in [0.5, 0.6) is 0 Å². The zero-order valence-electron chi connectivity index (χ0n) is 13.7. The first kappa shape index (κ1) is 16.0. The van der Waals surface area contributed by atoms with Gasteiger partial charge >= 0.3 is 6.03 Å². The number of nitrogens with one attached hydrogen (secondary N) is 2. The number of aromatic nitrogens is 2. The van der Waals surface area contributed by atoms with Crippen molar-refractivity contribution in [2.24, 2.45) is 0 Å². The molecule has 0 radical (unpaired) electrons. The van der Waals surface area contributed by atoms with Crippen LogP contribution in [0.4, 0.5) is 9.93 Å². The second-order valence-corrected chi connectivity index (χ2v) is 7.74. The summed E-state index contributed by atoms with van der Waals surface area (Å²) in [5, 5.41) is 8.16. The molecule has 0 saturated heterocycles. The van der Waals surface area contributed by atoms with Crippen LogP contribution < -0.4 is 10.6 Å². The molecule has 1 aliphatic carbocycles. The quantitative estimate of drug-likeness (QED) is 0.885. The summed E-state index contributed by atoms with van der Waals surface area (Å²) in [7, 11) is 0. The molecule has 0 unspecified atom stereocenters. The van der Waals surface area contributed by atoms with Gasteiger partial charge in [0.2, 0.25) is 5.89 Å². The monoisotopic (exact) mass is 334 g/mol. The van der Waals surface area contributed by atoms with Gasteiger partial charge in [0.05, 0.1) is 18.4 Å². The first-order valence-electron chi connectivity index (χ1n) is 7.87. The van der Waals surface area contributed by atoms with E-state index in [9.17, 15) is 4.79 Å². The fourth-order valence-electron chi connectivity index (χ4n) is 2.27. The van der Waals surface area contributed by atoms with Gasteiger partial charge < -0.3 is 9.73 Å². The lowest BCUT2D eigenvalue weighted by atomic mass is 9.83. The number of carbonyl (C=O) groups is 1. The highest BCUT2D eigenvalue weighted by atomic mass is 32.1. The predicted molar refractivity (Wildman–Crippen MR) is 89.8 cm³/mol. The van der Waals surface area contributed by atoms with Gasteiger partial charge in [-0.2, -0.15) is 0 Å². The summed E-state index contributed by atoms with van der Waals surface area (Å²) in [6.07, 6.45) is 5.39. The maximum absolute atomic E-state index is 11.9. The lowest BCUT2D eigenvalue weighted by molar-refractivity contribution is 0.250. The smallest absolute Gasteiger partial charge is 0.321 e. The van der Waals surface area contributed by atoms with Gasteiger partial charge in [-0.05, 0) is 12.8 Å². The Hall–Kier alpha value is -1.89. The summed E-state index contributed by atoms with van der Waals surface area (Å²) < 4.78 is 5.64. The van der Waals surface area contributed by atoms with Crippen LogP contribution in [0.25, 0.3) is 0 Å². The number of nitrogens with zero attached hydrogens (tertiary/aromatic N) is 2. The SMILES string of the molecule is CC(C)(C)c1cnc(CNC(=O)Nc2nc(C3CCC3)cs2)o1. The van der Waals surface area contributed by atoms with Gasteiger partial charge in [-0.15, -0.1) is 11.3 Å². The average Bonchev–Trinajstić information content (AvgIpc) is 3.03. The van der Waals surface area contributed by atoms with Crippen molar-refractivity contribution in [3.63, 3.8) is 0 Å². The van der Waals surface area contributed by atoms with Crippen LogP contribution in [0.2, 0.25) is 0 Å². The number of oxazole rings is 1. The average molecular weight is 334 g/mol. The Kier molecular flexibility index (Phi) is 4.39. The van der Waals surface area contributed by atoms with E-state index in [1.807, 2.05) is 5.38 Å². The first-order valence-corrected chi connectivity index (χ1v) is 8.75. The van der Waals surface area contributed by atoms with Crippen LogP contribution in [0.15, 0.2) is 16.0 Å². The molecule has 1 fully saturated rings. The number of hydrogen-bond donors (Lipinski definition) is 2. The molecule has 2 aromatic heterocycles. The molecular formula is C16H22N4O2S. The van der Waals surface area contributed by atoms with Crippen LogP contribution >= 0.6 is 11.3 Å². The van der Waals surface area contributed by atoms with Gasteiger partial charge in [0.25, 0.3) is 0 Å². The third-order valence-corrected chi connectivity index (χ3v) is 4.73. The van der Waals surface area contributed by atoms with Crippen molar-refractivity contribution in [2.45, 2.75) is 57.9 Å². The zero-order chi connectivity index (χ0) is 16.4. The molecule has 1 aliphatic rings. The van der Waals surface area contributed by atoms with Crippen LogP contribution in [0.3, 0.4) is 0 Å². The largest absolute Gasteiger partial charge is 0.443 e. The van der Waals surface area contributed by atoms with E-state index in [0.29, 0.717) is 16.9 Å². The minimum Gasteiger partial charge on any atom is -0.443 e. The van der Waals surface area contributed by atoms with E-state index in [1.165, 1.54) is 30.6 Å². The molecule has 0 aromatic carbocycles. The second-order valence-electron chi connectivity index (χ2n) is 6.88. The first-order chi connectivity index (χ1) is 10.9. The molecular weight excluding hydrogens is 312 g/mol. The zero-order valence-corrected chi connectivity index (χ0v) is 14.5. The molecule has 6 nitrogen and oxygen atoms in total. The van der Waals surface area contributed by atoms with Gasteiger partial charge in [0.1, 0.15) is 5.76 Å². The molecule has 0 bridgehead atoms. The van der Waals surface area contributed by atoms with E-state index in [4.69, 9.17) is 4.42 Å². The van der Waals surface area contributed by atoms with Crippen LogP contribution in [-0.4, -0.2) is 16.0 Å². The topological polar surface area (TPSA) is 80.0 Å². The van der Waals surface area contributed by atoms with Gasteiger partial charge in [0.15, 0.2) is 5.13 Å². The highest BCUT2D eigenvalue weighted by Crippen LogP contribution is 2.37. The van der Waals surface area contributed by atoms with E-state index in [1.54, 1.807) is 6.20 Å². The minimum absolute atomic E-state index is 0.0909. The number of carbonyl (C=O) groups excluding carboxylic acids is 1. The maximum Gasteiger partial charge on any atom is 0.321 e. The van der Waals surface area contributed by atoms with Crippen LogP contribution in [0.1, 0.15) is 63.3 Å². The Morgan fingerprint density at radius 1 is 1.43 bits per heavy atom. The lowest BCUT2D eigenvalue weighted by Gasteiger charge is -2.22. The molecule has 2 amide bonds. The van der Waals surface area contributed by atoms with Crippen LogP contribution in [-0.2, 0) is 12.0 Å². The molecule has 0 spiro atoms. The molecule has 0 atom stereocenters. The van der Waals surface area contributed by atoms with Crippen molar-refractivity contribution >= 4 is 22.5 Å². The minimum atomic E-state index is -0.296. The van der Waals surface area contributed by atoms with Crippen molar-refractivity contribution in [3.05, 3.63) is 28.9 Å². The Bertz CT molecular complexity index is 682. The highest BCUT2D eigenvalue weighted by Gasteiger charge is 2.22. The van der Waals surface area contributed by atoms with E-state index >= 15 is 0 Å². The van der Waals surface area contributed by atoms with E-state index in [0.717, 1.165) is 11.5 Å². The summed E-state index contributed by atoms with van der Waals surface area (Å²) >= 11 is 1.46. The van der Waals surface area contributed by atoms with Crippen molar-refractivity contribution in [1.82, 2.24) is 15.3 Å². The molecule has 0 aliphatic heterocycles. The molecule has 124 valence electrons. The van der Waals surface area contributed by atoms with Crippen LogP contribution in [0, 0.1) is 0 Å². The molecule has 2 N–H and O–H groups in total. The third-order valence-electron chi connectivity index (χ3n) is 3.96. The fraction of sp³-hybridized carbons (Fsp3) is 0.562. The highest BCUT2D eigenvalue weighted by molar-refractivity contribution is 7.13. The van der Waals surface area contributed by atoms with Gasteiger partial charge in [-0.3, -0.25) is 5.32 Å². The molecule has 2 heterocycles. The summed E-state index contributed by atoms with van der Waals surface area (Å²) in [5.74, 6) is 1.88. The molecule has 2 aromatic rings. The number of amides is 2. The number of thiazole rings is 1. The van der Waals surface area contributed by atoms with Crippen molar-refractivity contribution in [2.75, 3.05) is 5.32 Å². The Morgan fingerprint density at radius 3 is 2.83 bits per heavy atom. The Balaban J connectivity index is 1.49. The van der Waals surface area contributed by atoms with Gasteiger partial charge in [0, 0.05) is 16.7 Å². The van der Waals surface area contributed by atoms with E-state index in [-0.39, 0.29) is 18.0 Å². The van der Waals surface area contributed by atoms with Crippen molar-refractivity contribution in [3.8, 4) is 0 Å². The maximum atomic E-state index is 11.9. The molecule has 3 rings (SSSR count). The lowest BCUT2D eigenvalue weighted by Crippen LogP contribution is -2.28. The van der Waals surface area contributed by atoms with Gasteiger partial charge in [-0.1, -0.05) is 27.2 Å². The van der Waals surface area contributed by atoms with Crippen molar-refractivity contribution in [1.29, 1.82) is 0 Å². The molecule has 7 heteroatoms. The van der Waals surface area contributed by atoms with Gasteiger partial charge in [-0.25, -0.2) is 14.8 Å². The second kappa shape index (κ2) is 6.31. The fourth-order valence-corrected chi connectivity index (χ4v) is 3.06. The standard InChI is InChI=1S/C16H22N4O2S/c1-16(2,3)12-7-17-13(22-12)8-18-14(21)20-15-19-11(9-23-15)10-5-4-6-10/h7,9-10H,4-6,8H2,1-3H3,(H2,18,19,20,21). The number of anilines is 1. The normalized spacial score (nSPS) is 15.3. The summed E-state index contributed by atoms with van der Waals surface area (Å²) in [5.41, 5.74) is 1.01. The summed E-state index contributed by atoms with van der Waals surface area (Å²) in [6, 6.07) is -0.296. The third kappa shape index (κ3) is 3.90. The Morgan fingerprint density at radius 2 is 2.22 bits per heavy atom. The number of urea groups is 1. The van der Waals surface area contributed by atoms with E-state index < -0.39 is 0 Å². The van der Waals surface area contributed by atoms with E-state index in [2.05, 4.69) is 41.4 Å². The number of rotatable bonds is 4. The predicted octanol–water partition coefficient (Wildman–Crippen LogP) is 4.02. The van der Waals surface area contributed by atoms with Crippen molar-refractivity contribution < 1.29 is 9.21 Å². The Labute approximate surface area is 139 Å².